The lowest BCUT2D eigenvalue weighted by atomic mass is 9.83. The van der Waals surface area contributed by atoms with E-state index in [9.17, 15) is 14.4 Å². The van der Waals surface area contributed by atoms with Crippen molar-refractivity contribution in [2.45, 2.75) is 26.3 Å². The minimum atomic E-state index is -0.569. The molecular formula is C19H19N3O4. The first kappa shape index (κ1) is 16.4. The second kappa shape index (κ2) is 6.01. The Balaban J connectivity index is 2.02. The van der Waals surface area contributed by atoms with Gasteiger partial charge >= 0.3 is 11.7 Å². The van der Waals surface area contributed by atoms with Gasteiger partial charge in [0.1, 0.15) is 12.4 Å². The molecule has 4 rings (SSSR count). The molecule has 0 fully saturated rings. The normalized spacial score (nSPS) is 18.4. The molecule has 1 atom stereocenters. The van der Waals surface area contributed by atoms with Gasteiger partial charge in [-0.05, 0) is 11.5 Å². The molecule has 0 amide bonds. The van der Waals surface area contributed by atoms with Gasteiger partial charge in [0.25, 0.3) is 5.56 Å². The van der Waals surface area contributed by atoms with Crippen molar-refractivity contribution >= 4 is 11.8 Å². The standard InChI is InChI=1S/C19H19N3O4/c1-10(2)8-22-16-15(17(23)21-19(22)25)13(11-6-4-3-5-7-11)14-12(20-16)9-26-18(14)24/h3-7,10,13,20H,8-9H2,1-2H3,(H,21,23,25)/t13-/m1/s1. The van der Waals surface area contributed by atoms with E-state index in [1.54, 1.807) is 0 Å². The highest BCUT2D eigenvalue weighted by molar-refractivity contribution is 5.96. The Bertz CT molecular complexity index is 1030. The van der Waals surface area contributed by atoms with E-state index in [1.165, 1.54) is 4.57 Å². The topological polar surface area (TPSA) is 93.2 Å². The zero-order valence-electron chi connectivity index (χ0n) is 14.5. The molecule has 1 aromatic carbocycles. The summed E-state index contributed by atoms with van der Waals surface area (Å²) in [6, 6.07) is 9.32. The van der Waals surface area contributed by atoms with E-state index < -0.39 is 23.1 Å². The highest BCUT2D eigenvalue weighted by Crippen LogP contribution is 2.42. The fraction of sp³-hybridized carbons (Fsp3) is 0.316. The Morgan fingerprint density at radius 2 is 1.92 bits per heavy atom. The predicted octanol–water partition coefficient (Wildman–Crippen LogP) is 1.56. The van der Waals surface area contributed by atoms with Crippen LogP contribution in [0.1, 0.15) is 30.9 Å². The third-order valence-electron chi connectivity index (χ3n) is 4.66. The Morgan fingerprint density at radius 1 is 1.19 bits per heavy atom. The number of fused-ring (bicyclic) bond motifs is 1. The van der Waals surface area contributed by atoms with Crippen LogP contribution in [0.3, 0.4) is 0 Å². The third kappa shape index (κ3) is 2.47. The maximum absolute atomic E-state index is 12.7. The van der Waals surface area contributed by atoms with Gasteiger partial charge in [-0.25, -0.2) is 9.59 Å². The van der Waals surface area contributed by atoms with Gasteiger partial charge in [-0.2, -0.15) is 0 Å². The number of carbonyl (C=O) groups excluding carboxylic acids is 1. The molecule has 3 heterocycles. The molecule has 0 saturated heterocycles. The molecule has 2 N–H and O–H groups in total. The summed E-state index contributed by atoms with van der Waals surface area (Å²) in [5.74, 6) is -0.358. The van der Waals surface area contributed by atoms with E-state index >= 15 is 0 Å². The molecule has 0 radical (unpaired) electrons. The van der Waals surface area contributed by atoms with Gasteiger partial charge in [0.2, 0.25) is 0 Å². The molecule has 0 saturated carbocycles. The summed E-state index contributed by atoms with van der Waals surface area (Å²) >= 11 is 0. The quantitative estimate of drug-likeness (QED) is 0.817. The van der Waals surface area contributed by atoms with Crippen LogP contribution in [0.2, 0.25) is 0 Å². The van der Waals surface area contributed by atoms with Crippen LogP contribution < -0.4 is 16.6 Å². The van der Waals surface area contributed by atoms with Gasteiger partial charge in [-0.15, -0.1) is 0 Å². The predicted molar refractivity (Wildman–Crippen MR) is 96.1 cm³/mol. The van der Waals surface area contributed by atoms with Crippen LogP contribution in [-0.4, -0.2) is 22.1 Å². The number of aromatic nitrogens is 2. The number of benzene rings is 1. The maximum atomic E-state index is 12.7. The molecule has 0 spiro atoms. The van der Waals surface area contributed by atoms with Crippen molar-refractivity contribution in [2.24, 2.45) is 5.92 Å². The lowest BCUT2D eigenvalue weighted by Crippen LogP contribution is -2.39. The summed E-state index contributed by atoms with van der Waals surface area (Å²) < 4.78 is 6.73. The van der Waals surface area contributed by atoms with Crippen LogP contribution in [0.4, 0.5) is 5.82 Å². The van der Waals surface area contributed by atoms with Crippen LogP contribution in [0.15, 0.2) is 51.2 Å². The minimum absolute atomic E-state index is 0.111. The number of ether oxygens (including phenoxy) is 1. The second-order valence-corrected chi connectivity index (χ2v) is 6.96. The summed E-state index contributed by atoms with van der Waals surface area (Å²) in [5.41, 5.74) is 1.27. The second-order valence-electron chi connectivity index (χ2n) is 6.96. The number of hydrogen-bond donors (Lipinski definition) is 2. The summed E-state index contributed by atoms with van der Waals surface area (Å²) in [5, 5.41) is 3.12. The highest BCUT2D eigenvalue weighted by atomic mass is 16.5. The van der Waals surface area contributed by atoms with Gasteiger partial charge in [0.15, 0.2) is 0 Å². The van der Waals surface area contributed by atoms with E-state index in [2.05, 4.69) is 10.3 Å². The fourth-order valence-electron chi connectivity index (χ4n) is 3.61. The average molecular weight is 353 g/mol. The number of nitrogens with zero attached hydrogens (tertiary/aromatic N) is 1. The Hall–Kier alpha value is -3.09. The molecule has 2 aromatic rings. The van der Waals surface area contributed by atoms with Crippen molar-refractivity contribution < 1.29 is 9.53 Å². The molecular weight excluding hydrogens is 334 g/mol. The number of anilines is 1. The van der Waals surface area contributed by atoms with E-state index in [4.69, 9.17) is 4.74 Å². The molecule has 7 nitrogen and oxygen atoms in total. The third-order valence-corrected chi connectivity index (χ3v) is 4.66. The summed E-state index contributed by atoms with van der Waals surface area (Å²) in [4.78, 5) is 39.9. The molecule has 7 heteroatoms. The average Bonchev–Trinajstić information content (AvgIpc) is 2.98. The zero-order valence-corrected chi connectivity index (χ0v) is 14.5. The van der Waals surface area contributed by atoms with E-state index in [1.807, 2.05) is 44.2 Å². The van der Waals surface area contributed by atoms with Crippen molar-refractivity contribution in [3.8, 4) is 0 Å². The Kier molecular flexibility index (Phi) is 3.79. The molecule has 0 bridgehead atoms. The first-order valence-electron chi connectivity index (χ1n) is 8.56. The maximum Gasteiger partial charge on any atom is 0.337 e. The molecule has 1 aromatic heterocycles. The van der Waals surface area contributed by atoms with Crippen LogP contribution in [0.5, 0.6) is 0 Å². The molecule has 0 aliphatic carbocycles. The number of esters is 1. The molecule has 2 aliphatic rings. The largest absolute Gasteiger partial charge is 0.456 e. The van der Waals surface area contributed by atoms with Crippen molar-refractivity contribution in [3.63, 3.8) is 0 Å². The van der Waals surface area contributed by atoms with Crippen molar-refractivity contribution in [2.75, 3.05) is 11.9 Å². The SMILES string of the molecule is CC(C)Cn1c2c(c(=O)[nH]c1=O)[C@H](c1ccccc1)C1=C(COC1=O)N2. The summed E-state index contributed by atoms with van der Waals surface area (Å²) in [6.45, 7) is 4.55. The van der Waals surface area contributed by atoms with E-state index in [0.717, 1.165) is 5.56 Å². The molecule has 134 valence electrons. The smallest absolute Gasteiger partial charge is 0.337 e. The van der Waals surface area contributed by atoms with Gasteiger partial charge in [-0.3, -0.25) is 14.3 Å². The van der Waals surface area contributed by atoms with E-state index in [0.29, 0.717) is 29.2 Å². The number of aromatic amines is 1. The van der Waals surface area contributed by atoms with Gasteiger partial charge in [0, 0.05) is 6.54 Å². The first-order valence-corrected chi connectivity index (χ1v) is 8.56. The van der Waals surface area contributed by atoms with Crippen molar-refractivity contribution in [1.82, 2.24) is 9.55 Å². The van der Waals surface area contributed by atoms with Crippen LogP contribution >= 0.6 is 0 Å². The van der Waals surface area contributed by atoms with Gasteiger partial charge < -0.3 is 10.1 Å². The number of hydrogen-bond acceptors (Lipinski definition) is 5. The summed E-state index contributed by atoms with van der Waals surface area (Å²) in [7, 11) is 0. The highest BCUT2D eigenvalue weighted by Gasteiger charge is 2.41. The van der Waals surface area contributed by atoms with Crippen LogP contribution in [0, 0.1) is 5.92 Å². The van der Waals surface area contributed by atoms with Crippen molar-refractivity contribution in [3.05, 3.63) is 73.6 Å². The lowest BCUT2D eigenvalue weighted by Gasteiger charge is -2.28. The Labute approximate surface area is 149 Å². The molecule has 2 aliphatic heterocycles. The zero-order chi connectivity index (χ0) is 18.4. The van der Waals surface area contributed by atoms with E-state index in [-0.39, 0.29) is 12.5 Å². The number of cyclic esters (lactones) is 1. The molecule has 26 heavy (non-hydrogen) atoms. The minimum Gasteiger partial charge on any atom is -0.456 e. The number of H-pyrrole nitrogens is 1. The van der Waals surface area contributed by atoms with Crippen molar-refractivity contribution in [1.29, 1.82) is 0 Å². The monoisotopic (exact) mass is 353 g/mol. The first-order chi connectivity index (χ1) is 12.5. The fourth-order valence-corrected chi connectivity index (χ4v) is 3.61. The van der Waals surface area contributed by atoms with Gasteiger partial charge in [-0.1, -0.05) is 44.2 Å². The number of rotatable bonds is 3. The van der Waals surface area contributed by atoms with Crippen LogP contribution in [0.25, 0.3) is 0 Å². The molecule has 0 unspecified atom stereocenters. The summed E-state index contributed by atoms with van der Waals surface area (Å²) in [6.07, 6.45) is 0. The Morgan fingerprint density at radius 3 is 2.62 bits per heavy atom. The lowest BCUT2D eigenvalue weighted by molar-refractivity contribution is -0.136. The number of nitrogens with one attached hydrogen (secondary N) is 2. The van der Waals surface area contributed by atoms with Gasteiger partial charge in [0.05, 0.1) is 22.8 Å². The van der Waals surface area contributed by atoms with Crippen LogP contribution in [-0.2, 0) is 16.1 Å². The number of carbonyl (C=O) groups is 1.